The molecule has 0 spiro atoms. The standard InChI is InChI=1S/C15H16O2/c1-9-7-8-12(11(3)10(9)2)15-13(16)5-4-6-14(15)17/h4-8,16-17H,1-3H3. The maximum Gasteiger partial charge on any atom is 0.127 e. The molecule has 2 aromatic carbocycles. The van der Waals surface area contributed by atoms with Gasteiger partial charge in [-0.3, -0.25) is 0 Å². The van der Waals surface area contributed by atoms with Gasteiger partial charge in [0.05, 0.1) is 5.56 Å². The molecule has 0 unspecified atom stereocenters. The van der Waals surface area contributed by atoms with E-state index in [4.69, 9.17) is 0 Å². The Morgan fingerprint density at radius 2 is 1.35 bits per heavy atom. The molecule has 0 saturated carbocycles. The van der Waals surface area contributed by atoms with Gasteiger partial charge in [-0.2, -0.15) is 0 Å². The van der Waals surface area contributed by atoms with E-state index < -0.39 is 0 Å². The first-order valence-corrected chi connectivity index (χ1v) is 5.60. The van der Waals surface area contributed by atoms with Crippen molar-refractivity contribution in [2.24, 2.45) is 0 Å². The molecule has 0 aliphatic carbocycles. The zero-order valence-corrected chi connectivity index (χ0v) is 10.3. The van der Waals surface area contributed by atoms with Gasteiger partial charge in [0.25, 0.3) is 0 Å². The van der Waals surface area contributed by atoms with Gasteiger partial charge in [-0.05, 0) is 55.2 Å². The highest BCUT2D eigenvalue weighted by atomic mass is 16.3. The zero-order chi connectivity index (χ0) is 12.6. The third kappa shape index (κ3) is 1.86. The smallest absolute Gasteiger partial charge is 0.127 e. The highest BCUT2D eigenvalue weighted by molar-refractivity contribution is 5.79. The van der Waals surface area contributed by atoms with Crippen LogP contribution in [-0.2, 0) is 0 Å². The second-order valence-electron chi connectivity index (χ2n) is 4.35. The van der Waals surface area contributed by atoms with Crippen LogP contribution in [-0.4, -0.2) is 10.2 Å². The Hall–Kier alpha value is -1.96. The lowest BCUT2D eigenvalue weighted by atomic mass is 9.93. The predicted octanol–water partition coefficient (Wildman–Crippen LogP) is 3.69. The summed E-state index contributed by atoms with van der Waals surface area (Å²) in [5.74, 6) is 0.215. The lowest BCUT2D eigenvalue weighted by Crippen LogP contribution is -1.91. The monoisotopic (exact) mass is 228 g/mol. The summed E-state index contributed by atoms with van der Waals surface area (Å²) in [6, 6.07) is 8.74. The maximum absolute atomic E-state index is 9.87. The van der Waals surface area contributed by atoms with E-state index in [0.717, 1.165) is 11.1 Å². The minimum Gasteiger partial charge on any atom is -0.507 e. The van der Waals surface area contributed by atoms with Crippen LogP contribution in [0.4, 0.5) is 0 Å². The topological polar surface area (TPSA) is 40.5 Å². The van der Waals surface area contributed by atoms with E-state index in [0.29, 0.717) is 5.56 Å². The van der Waals surface area contributed by atoms with Crippen molar-refractivity contribution in [3.63, 3.8) is 0 Å². The van der Waals surface area contributed by atoms with Crippen molar-refractivity contribution >= 4 is 0 Å². The molecule has 0 saturated heterocycles. The summed E-state index contributed by atoms with van der Waals surface area (Å²) in [7, 11) is 0. The number of hydrogen-bond donors (Lipinski definition) is 2. The molecule has 0 bridgehead atoms. The van der Waals surface area contributed by atoms with Crippen molar-refractivity contribution in [3.8, 4) is 22.6 Å². The van der Waals surface area contributed by atoms with E-state index in [-0.39, 0.29) is 11.5 Å². The van der Waals surface area contributed by atoms with Crippen molar-refractivity contribution in [3.05, 3.63) is 47.0 Å². The molecular formula is C15H16O2. The highest BCUT2D eigenvalue weighted by Crippen LogP contribution is 2.39. The lowest BCUT2D eigenvalue weighted by Gasteiger charge is -2.13. The van der Waals surface area contributed by atoms with E-state index in [1.54, 1.807) is 18.2 Å². The van der Waals surface area contributed by atoms with Gasteiger partial charge in [0.2, 0.25) is 0 Å². The summed E-state index contributed by atoms with van der Waals surface area (Å²) < 4.78 is 0. The van der Waals surface area contributed by atoms with Gasteiger partial charge in [0, 0.05) is 0 Å². The Labute approximate surface area is 101 Å². The fourth-order valence-electron chi connectivity index (χ4n) is 2.03. The number of aromatic hydroxyl groups is 2. The molecule has 2 aromatic rings. The second kappa shape index (κ2) is 4.13. The summed E-state index contributed by atoms with van der Waals surface area (Å²) >= 11 is 0. The van der Waals surface area contributed by atoms with Crippen molar-refractivity contribution in [1.29, 1.82) is 0 Å². The Kier molecular flexibility index (Phi) is 2.80. The largest absolute Gasteiger partial charge is 0.507 e. The van der Waals surface area contributed by atoms with Gasteiger partial charge >= 0.3 is 0 Å². The minimum atomic E-state index is 0.108. The summed E-state index contributed by atoms with van der Waals surface area (Å²) in [4.78, 5) is 0. The van der Waals surface area contributed by atoms with E-state index in [1.165, 1.54) is 11.1 Å². The van der Waals surface area contributed by atoms with Crippen molar-refractivity contribution in [2.45, 2.75) is 20.8 Å². The molecule has 0 aliphatic heterocycles. The van der Waals surface area contributed by atoms with Gasteiger partial charge in [-0.15, -0.1) is 0 Å². The number of rotatable bonds is 1. The van der Waals surface area contributed by atoms with Crippen LogP contribution in [0.3, 0.4) is 0 Å². The number of phenols is 2. The Morgan fingerprint density at radius 3 is 1.94 bits per heavy atom. The van der Waals surface area contributed by atoms with Crippen LogP contribution < -0.4 is 0 Å². The van der Waals surface area contributed by atoms with Crippen molar-refractivity contribution in [2.75, 3.05) is 0 Å². The molecule has 0 fully saturated rings. The summed E-state index contributed by atoms with van der Waals surface area (Å²) in [5.41, 5.74) is 4.87. The third-order valence-corrected chi connectivity index (χ3v) is 3.35. The van der Waals surface area contributed by atoms with Gasteiger partial charge in [0.1, 0.15) is 11.5 Å². The zero-order valence-electron chi connectivity index (χ0n) is 10.3. The quantitative estimate of drug-likeness (QED) is 0.781. The number of benzene rings is 2. The van der Waals surface area contributed by atoms with Gasteiger partial charge in [-0.1, -0.05) is 18.2 Å². The van der Waals surface area contributed by atoms with Crippen molar-refractivity contribution < 1.29 is 10.2 Å². The predicted molar refractivity (Wildman–Crippen MR) is 69.4 cm³/mol. The molecule has 0 aliphatic rings. The SMILES string of the molecule is Cc1ccc(-c2c(O)cccc2O)c(C)c1C. The van der Waals surface area contributed by atoms with Crippen LogP contribution in [0, 0.1) is 20.8 Å². The van der Waals surface area contributed by atoms with Crippen LogP contribution in [0.5, 0.6) is 11.5 Å². The number of aryl methyl sites for hydroxylation is 1. The lowest BCUT2D eigenvalue weighted by molar-refractivity contribution is 0.454. The molecule has 0 radical (unpaired) electrons. The van der Waals surface area contributed by atoms with Crippen LogP contribution >= 0.6 is 0 Å². The normalized spacial score (nSPS) is 10.5. The molecule has 2 heteroatoms. The summed E-state index contributed by atoms with van der Waals surface area (Å²) in [6.07, 6.45) is 0. The Morgan fingerprint density at radius 1 is 0.765 bits per heavy atom. The number of phenolic OH excluding ortho intramolecular Hbond substituents is 2. The van der Waals surface area contributed by atoms with E-state index >= 15 is 0 Å². The molecule has 2 N–H and O–H groups in total. The average molecular weight is 228 g/mol. The first kappa shape index (κ1) is 11.5. The molecule has 88 valence electrons. The van der Waals surface area contributed by atoms with Gasteiger partial charge < -0.3 is 10.2 Å². The number of hydrogen-bond acceptors (Lipinski definition) is 2. The van der Waals surface area contributed by atoms with E-state index in [9.17, 15) is 10.2 Å². The summed E-state index contributed by atoms with van der Waals surface area (Å²) in [6.45, 7) is 6.10. The molecule has 0 aromatic heterocycles. The maximum atomic E-state index is 9.87. The van der Waals surface area contributed by atoms with Crippen LogP contribution in [0.2, 0.25) is 0 Å². The summed E-state index contributed by atoms with van der Waals surface area (Å²) in [5, 5.41) is 19.7. The molecular weight excluding hydrogens is 212 g/mol. The highest BCUT2D eigenvalue weighted by Gasteiger charge is 2.13. The Bertz CT molecular complexity index is 551. The molecule has 2 nitrogen and oxygen atoms in total. The first-order chi connectivity index (χ1) is 8.02. The van der Waals surface area contributed by atoms with Crippen molar-refractivity contribution in [1.82, 2.24) is 0 Å². The van der Waals surface area contributed by atoms with Crippen LogP contribution in [0.25, 0.3) is 11.1 Å². The van der Waals surface area contributed by atoms with E-state index in [1.807, 2.05) is 26.0 Å². The fraction of sp³-hybridized carbons (Fsp3) is 0.200. The van der Waals surface area contributed by atoms with Gasteiger partial charge in [0.15, 0.2) is 0 Å². The Balaban J connectivity index is 2.74. The van der Waals surface area contributed by atoms with Crippen LogP contribution in [0.15, 0.2) is 30.3 Å². The molecule has 0 amide bonds. The second-order valence-corrected chi connectivity index (χ2v) is 4.35. The molecule has 2 rings (SSSR count). The average Bonchev–Trinajstić information content (AvgIpc) is 2.29. The van der Waals surface area contributed by atoms with Gasteiger partial charge in [-0.25, -0.2) is 0 Å². The molecule has 0 heterocycles. The molecule has 0 atom stereocenters. The first-order valence-electron chi connectivity index (χ1n) is 5.60. The molecule has 17 heavy (non-hydrogen) atoms. The minimum absolute atomic E-state index is 0.108. The third-order valence-electron chi connectivity index (χ3n) is 3.35. The van der Waals surface area contributed by atoms with E-state index in [2.05, 4.69) is 6.92 Å². The van der Waals surface area contributed by atoms with Crippen LogP contribution in [0.1, 0.15) is 16.7 Å². The fourth-order valence-corrected chi connectivity index (χ4v) is 2.03.